The van der Waals surface area contributed by atoms with Gasteiger partial charge in [0.25, 0.3) is 0 Å². The van der Waals surface area contributed by atoms with Crippen molar-refractivity contribution >= 4 is 0 Å². The van der Waals surface area contributed by atoms with Crippen molar-refractivity contribution in [2.24, 2.45) is 0 Å². The second kappa shape index (κ2) is 3.92. The maximum Gasteiger partial charge on any atom is 0.221 e. The molecule has 3 rings (SSSR count). The van der Waals surface area contributed by atoms with Gasteiger partial charge in [0.2, 0.25) is 5.79 Å². The third kappa shape index (κ3) is 1.79. The minimum absolute atomic E-state index is 0.490. The Bertz CT molecular complexity index is 613. The van der Waals surface area contributed by atoms with E-state index in [1.165, 1.54) is 0 Å². The van der Waals surface area contributed by atoms with Crippen molar-refractivity contribution in [3.05, 3.63) is 70.8 Å². The summed E-state index contributed by atoms with van der Waals surface area (Å²) in [6.45, 7) is 6.00. The van der Waals surface area contributed by atoms with Crippen molar-refractivity contribution in [1.29, 1.82) is 0 Å². The molecule has 2 heteroatoms. The molecule has 1 aliphatic heterocycles. The quantitative estimate of drug-likeness (QED) is 0.844. The standard InChI is InChI=1S/C17H18O2/c1-12-8-10-13(11-9-12)17(18)15-7-5-4-6-14(15)16(2,3)19-17/h4-11,18H,1-3H3. The molecule has 1 unspecified atom stereocenters. The molecule has 98 valence electrons. The van der Waals surface area contributed by atoms with Crippen molar-refractivity contribution < 1.29 is 9.84 Å². The van der Waals surface area contributed by atoms with E-state index in [0.717, 1.165) is 22.3 Å². The van der Waals surface area contributed by atoms with Crippen LogP contribution < -0.4 is 0 Å². The highest BCUT2D eigenvalue weighted by Crippen LogP contribution is 2.48. The summed E-state index contributed by atoms with van der Waals surface area (Å²) in [5.74, 6) is -1.35. The number of hydrogen-bond donors (Lipinski definition) is 1. The van der Waals surface area contributed by atoms with Gasteiger partial charge in [-0.05, 0) is 26.3 Å². The minimum Gasteiger partial charge on any atom is -0.358 e. The topological polar surface area (TPSA) is 29.5 Å². The van der Waals surface area contributed by atoms with E-state index < -0.39 is 11.4 Å². The predicted molar refractivity (Wildman–Crippen MR) is 74.7 cm³/mol. The number of benzene rings is 2. The normalized spacial score (nSPS) is 24.2. The molecular formula is C17H18O2. The third-order valence-corrected chi connectivity index (χ3v) is 3.79. The van der Waals surface area contributed by atoms with Crippen molar-refractivity contribution in [2.45, 2.75) is 32.2 Å². The Hall–Kier alpha value is -1.64. The second-order valence-electron chi connectivity index (χ2n) is 5.67. The molecule has 0 spiro atoms. The highest BCUT2D eigenvalue weighted by atomic mass is 16.6. The Kier molecular flexibility index (Phi) is 2.56. The van der Waals surface area contributed by atoms with Gasteiger partial charge in [-0.25, -0.2) is 0 Å². The summed E-state index contributed by atoms with van der Waals surface area (Å²) < 4.78 is 5.99. The Morgan fingerprint density at radius 1 is 0.895 bits per heavy atom. The van der Waals surface area contributed by atoms with Crippen molar-refractivity contribution in [3.63, 3.8) is 0 Å². The van der Waals surface area contributed by atoms with Gasteiger partial charge < -0.3 is 9.84 Å². The van der Waals surface area contributed by atoms with Gasteiger partial charge in [0.05, 0.1) is 5.60 Å². The number of aryl methyl sites for hydroxylation is 1. The summed E-state index contributed by atoms with van der Waals surface area (Å²) in [6.07, 6.45) is 0. The Balaban J connectivity index is 2.19. The van der Waals surface area contributed by atoms with Crippen LogP contribution in [0.2, 0.25) is 0 Å². The zero-order valence-electron chi connectivity index (χ0n) is 11.5. The fraction of sp³-hybridized carbons (Fsp3) is 0.294. The van der Waals surface area contributed by atoms with Crippen molar-refractivity contribution in [1.82, 2.24) is 0 Å². The van der Waals surface area contributed by atoms with E-state index in [-0.39, 0.29) is 0 Å². The Labute approximate surface area is 113 Å². The zero-order chi connectivity index (χ0) is 13.7. The molecular weight excluding hydrogens is 236 g/mol. The second-order valence-corrected chi connectivity index (χ2v) is 5.67. The minimum atomic E-state index is -1.35. The average molecular weight is 254 g/mol. The van der Waals surface area contributed by atoms with Gasteiger partial charge in [0.15, 0.2) is 0 Å². The van der Waals surface area contributed by atoms with Crippen LogP contribution in [0.4, 0.5) is 0 Å². The molecule has 0 amide bonds. The van der Waals surface area contributed by atoms with Crippen molar-refractivity contribution in [2.75, 3.05) is 0 Å². The Morgan fingerprint density at radius 3 is 2.11 bits per heavy atom. The van der Waals surface area contributed by atoms with E-state index in [4.69, 9.17) is 4.74 Å². The van der Waals surface area contributed by atoms with Crippen LogP contribution >= 0.6 is 0 Å². The van der Waals surface area contributed by atoms with Gasteiger partial charge in [-0.1, -0.05) is 54.1 Å². The first-order valence-corrected chi connectivity index (χ1v) is 6.53. The number of fused-ring (bicyclic) bond motifs is 1. The lowest BCUT2D eigenvalue weighted by Crippen LogP contribution is -2.30. The molecule has 2 aromatic rings. The summed E-state index contributed by atoms with van der Waals surface area (Å²) in [5, 5.41) is 11.0. The lowest BCUT2D eigenvalue weighted by Gasteiger charge is -2.27. The van der Waals surface area contributed by atoms with Crippen LogP contribution in [0.3, 0.4) is 0 Å². The molecule has 1 heterocycles. The largest absolute Gasteiger partial charge is 0.358 e. The third-order valence-electron chi connectivity index (χ3n) is 3.79. The highest BCUT2D eigenvalue weighted by molar-refractivity contribution is 5.45. The monoisotopic (exact) mass is 254 g/mol. The molecule has 1 atom stereocenters. The summed E-state index contributed by atoms with van der Waals surface area (Å²) in [7, 11) is 0. The fourth-order valence-electron chi connectivity index (χ4n) is 2.78. The van der Waals surface area contributed by atoms with E-state index in [2.05, 4.69) is 0 Å². The molecule has 2 aromatic carbocycles. The lowest BCUT2D eigenvalue weighted by atomic mass is 9.91. The van der Waals surface area contributed by atoms with E-state index in [0.29, 0.717) is 0 Å². The number of ether oxygens (including phenoxy) is 1. The van der Waals surface area contributed by atoms with E-state index in [9.17, 15) is 5.11 Å². The van der Waals surface area contributed by atoms with Crippen molar-refractivity contribution in [3.8, 4) is 0 Å². The van der Waals surface area contributed by atoms with Crippen LogP contribution in [0.25, 0.3) is 0 Å². The average Bonchev–Trinajstić information content (AvgIpc) is 2.59. The summed E-state index contributed by atoms with van der Waals surface area (Å²) in [5.41, 5.74) is 3.33. The first-order chi connectivity index (χ1) is 8.93. The van der Waals surface area contributed by atoms with Crippen LogP contribution in [0, 0.1) is 6.92 Å². The molecule has 19 heavy (non-hydrogen) atoms. The molecule has 0 radical (unpaired) electrons. The Morgan fingerprint density at radius 2 is 1.47 bits per heavy atom. The van der Waals surface area contributed by atoms with Crippen LogP contribution in [-0.2, 0) is 16.1 Å². The molecule has 0 fully saturated rings. The van der Waals surface area contributed by atoms with Gasteiger partial charge in [0, 0.05) is 11.1 Å². The molecule has 1 aliphatic rings. The number of aliphatic hydroxyl groups is 1. The van der Waals surface area contributed by atoms with E-state index in [1.54, 1.807) is 0 Å². The predicted octanol–water partition coefficient (Wildman–Crippen LogP) is 3.45. The highest BCUT2D eigenvalue weighted by Gasteiger charge is 2.48. The summed E-state index contributed by atoms with van der Waals surface area (Å²) in [4.78, 5) is 0. The fourth-order valence-corrected chi connectivity index (χ4v) is 2.78. The number of hydrogen-bond acceptors (Lipinski definition) is 2. The van der Waals surface area contributed by atoms with Gasteiger partial charge in [-0.2, -0.15) is 0 Å². The van der Waals surface area contributed by atoms with Gasteiger partial charge in [-0.15, -0.1) is 0 Å². The molecule has 0 aliphatic carbocycles. The summed E-state index contributed by atoms with van der Waals surface area (Å²) >= 11 is 0. The van der Waals surface area contributed by atoms with Gasteiger partial charge in [-0.3, -0.25) is 0 Å². The van der Waals surface area contributed by atoms with Crippen LogP contribution in [0.1, 0.15) is 36.1 Å². The van der Waals surface area contributed by atoms with Crippen LogP contribution in [-0.4, -0.2) is 5.11 Å². The molecule has 0 bridgehead atoms. The van der Waals surface area contributed by atoms with Crippen LogP contribution in [0.5, 0.6) is 0 Å². The molecule has 1 N–H and O–H groups in total. The molecule has 0 aromatic heterocycles. The van der Waals surface area contributed by atoms with Gasteiger partial charge >= 0.3 is 0 Å². The maximum absolute atomic E-state index is 11.0. The van der Waals surface area contributed by atoms with Gasteiger partial charge in [0.1, 0.15) is 0 Å². The van der Waals surface area contributed by atoms with E-state index in [1.807, 2.05) is 69.3 Å². The van der Waals surface area contributed by atoms with E-state index >= 15 is 0 Å². The lowest BCUT2D eigenvalue weighted by molar-refractivity contribution is -0.222. The summed E-state index contributed by atoms with van der Waals surface area (Å²) in [6, 6.07) is 15.7. The number of rotatable bonds is 1. The molecule has 0 saturated carbocycles. The SMILES string of the molecule is Cc1ccc(C2(O)OC(C)(C)c3ccccc32)cc1. The maximum atomic E-state index is 11.0. The molecule has 2 nitrogen and oxygen atoms in total. The first kappa shape index (κ1) is 12.4. The zero-order valence-corrected chi connectivity index (χ0v) is 11.5. The smallest absolute Gasteiger partial charge is 0.221 e. The van der Waals surface area contributed by atoms with Crippen LogP contribution in [0.15, 0.2) is 48.5 Å². The first-order valence-electron chi connectivity index (χ1n) is 6.53. The molecule has 0 saturated heterocycles.